The standard InChI is InChI=1S/C16H29NO3/c1-2-10-17-16(15(18)19,14-8-9-14)12-20-11-13-6-4-3-5-7-13/h13-14,17H,2-12H2,1H3,(H,18,19). The Morgan fingerprint density at radius 1 is 1.25 bits per heavy atom. The summed E-state index contributed by atoms with van der Waals surface area (Å²) in [7, 11) is 0. The normalized spacial score (nSPS) is 23.4. The summed E-state index contributed by atoms with van der Waals surface area (Å²) in [6.07, 6.45) is 9.40. The number of ether oxygens (including phenoxy) is 1. The molecule has 2 aliphatic rings. The molecule has 2 rings (SSSR count). The van der Waals surface area contributed by atoms with Gasteiger partial charge in [0.25, 0.3) is 0 Å². The molecule has 2 fully saturated rings. The summed E-state index contributed by atoms with van der Waals surface area (Å²) in [6.45, 7) is 3.87. The Labute approximate surface area is 122 Å². The molecule has 0 heterocycles. The number of carbonyl (C=O) groups is 1. The number of carboxylic acids is 1. The Bertz CT molecular complexity index is 311. The van der Waals surface area contributed by atoms with E-state index in [0.29, 0.717) is 12.5 Å². The lowest BCUT2D eigenvalue weighted by atomic mass is 9.90. The first-order valence-electron chi connectivity index (χ1n) is 8.25. The SMILES string of the molecule is CCCNC(COCC1CCCCC1)(C(=O)O)C1CC1. The van der Waals surface area contributed by atoms with Crippen molar-refractivity contribution in [3.63, 3.8) is 0 Å². The predicted octanol–water partition coefficient (Wildman–Crippen LogP) is 2.82. The molecule has 1 atom stereocenters. The lowest BCUT2D eigenvalue weighted by Gasteiger charge is -2.31. The summed E-state index contributed by atoms with van der Waals surface area (Å²) in [5.74, 6) is 0.149. The fraction of sp³-hybridized carbons (Fsp3) is 0.938. The van der Waals surface area contributed by atoms with Crippen LogP contribution in [0.5, 0.6) is 0 Å². The number of carboxylic acid groups (broad SMARTS) is 1. The lowest BCUT2D eigenvalue weighted by molar-refractivity contribution is -0.149. The van der Waals surface area contributed by atoms with Gasteiger partial charge in [0.2, 0.25) is 0 Å². The van der Waals surface area contributed by atoms with Gasteiger partial charge in [0.1, 0.15) is 5.54 Å². The van der Waals surface area contributed by atoms with Crippen LogP contribution in [0.2, 0.25) is 0 Å². The monoisotopic (exact) mass is 283 g/mol. The summed E-state index contributed by atoms with van der Waals surface area (Å²) in [4.78, 5) is 11.7. The zero-order chi connectivity index (χ0) is 14.4. The quantitative estimate of drug-likeness (QED) is 0.683. The van der Waals surface area contributed by atoms with Gasteiger partial charge in [-0.3, -0.25) is 10.1 Å². The van der Waals surface area contributed by atoms with Gasteiger partial charge in [0.05, 0.1) is 6.61 Å². The minimum absolute atomic E-state index is 0.248. The second-order valence-electron chi connectivity index (χ2n) is 6.50. The molecule has 0 amide bonds. The van der Waals surface area contributed by atoms with Gasteiger partial charge < -0.3 is 9.84 Å². The molecule has 0 saturated heterocycles. The second-order valence-corrected chi connectivity index (χ2v) is 6.50. The highest BCUT2D eigenvalue weighted by Gasteiger charge is 2.51. The summed E-state index contributed by atoms with van der Waals surface area (Å²) >= 11 is 0. The van der Waals surface area contributed by atoms with Crippen LogP contribution < -0.4 is 5.32 Å². The number of nitrogens with one attached hydrogen (secondary N) is 1. The average Bonchev–Trinajstić information content (AvgIpc) is 3.28. The summed E-state index contributed by atoms with van der Waals surface area (Å²) in [5, 5.41) is 12.9. The van der Waals surface area contributed by atoms with Crippen molar-refractivity contribution in [1.82, 2.24) is 5.32 Å². The van der Waals surface area contributed by atoms with Gasteiger partial charge >= 0.3 is 5.97 Å². The van der Waals surface area contributed by atoms with Crippen molar-refractivity contribution in [2.45, 2.75) is 63.8 Å². The Balaban J connectivity index is 1.84. The zero-order valence-corrected chi connectivity index (χ0v) is 12.7. The fourth-order valence-corrected chi connectivity index (χ4v) is 3.29. The van der Waals surface area contributed by atoms with Gasteiger partial charge in [-0.1, -0.05) is 26.2 Å². The Morgan fingerprint density at radius 3 is 2.50 bits per heavy atom. The highest BCUT2D eigenvalue weighted by molar-refractivity contribution is 5.80. The highest BCUT2D eigenvalue weighted by atomic mass is 16.5. The molecule has 2 aliphatic carbocycles. The van der Waals surface area contributed by atoms with Crippen molar-refractivity contribution in [1.29, 1.82) is 0 Å². The third kappa shape index (κ3) is 3.95. The maximum absolute atomic E-state index is 11.7. The van der Waals surface area contributed by atoms with E-state index in [1.807, 2.05) is 0 Å². The summed E-state index contributed by atoms with van der Waals surface area (Å²) < 4.78 is 5.85. The molecule has 2 saturated carbocycles. The van der Waals surface area contributed by atoms with Crippen LogP contribution in [0.15, 0.2) is 0 Å². The Kier molecular flexibility index (Phi) is 5.85. The van der Waals surface area contributed by atoms with E-state index in [4.69, 9.17) is 4.74 Å². The molecule has 0 aromatic heterocycles. The smallest absolute Gasteiger partial charge is 0.326 e. The average molecular weight is 283 g/mol. The number of hydrogen-bond donors (Lipinski definition) is 2. The van der Waals surface area contributed by atoms with Crippen molar-refractivity contribution in [3.8, 4) is 0 Å². The van der Waals surface area contributed by atoms with Gasteiger partial charge in [0.15, 0.2) is 0 Å². The topological polar surface area (TPSA) is 58.6 Å². The highest BCUT2D eigenvalue weighted by Crippen LogP contribution is 2.40. The predicted molar refractivity (Wildman–Crippen MR) is 78.8 cm³/mol. The molecule has 0 aromatic rings. The van der Waals surface area contributed by atoms with Crippen molar-refractivity contribution in [2.24, 2.45) is 11.8 Å². The van der Waals surface area contributed by atoms with Crippen molar-refractivity contribution in [2.75, 3.05) is 19.8 Å². The van der Waals surface area contributed by atoms with E-state index in [2.05, 4.69) is 12.2 Å². The van der Waals surface area contributed by atoms with E-state index in [1.165, 1.54) is 32.1 Å². The van der Waals surface area contributed by atoms with Crippen LogP contribution in [-0.2, 0) is 9.53 Å². The van der Waals surface area contributed by atoms with Crippen LogP contribution in [0.1, 0.15) is 58.3 Å². The van der Waals surface area contributed by atoms with Crippen LogP contribution in [-0.4, -0.2) is 36.4 Å². The molecular formula is C16H29NO3. The molecule has 20 heavy (non-hydrogen) atoms. The van der Waals surface area contributed by atoms with Crippen LogP contribution >= 0.6 is 0 Å². The third-order valence-corrected chi connectivity index (χ3v) is 4.75. The first-order valence-corrected chi connectivity index (χ1v) is 8.25. The molecule has 0 radical (unpaired) electrons. The minimum Gasteiger partial charge on any atom is -0.480 e. The first kappa shape index (κ1) is 15.8. The van der Waals surface area contributed by atoms with E-state index in [-0.39, 0.29) is 5.92 Å². The van der Waals surface area contributed by atoms with Crippen molar-refractivity contribution >= 4 is 5.97 Å². The van der Waals surface area contributed by atoms with Crippen LogP contribution in [0.4, 0.5) is 0 Å². The fourth-order valence-electron chi connectivity index (χ4n) is 3.29. The molecule has 2 N–H and O–H groups in total. The number of aliphatic carboxylic acids is 1. The summed E-state index contributed by atoms with van der Waals surface area (Å²) in [6, 6.07) is 0. The first-order chi connectivity index (χ1) is 9.69. The summed E-state index contributed by atoms with van der Waals surface area (Å²) in [5.41, 5.74) is -0.843. The molecule has 0 aliphatic heterocycles. The zero-order valence-electron chi connectivity index (χ0n) is 12.7. The van der Waals surface area contributed by atoms with Crippen LogP contribution in [0.3, 0.4) is 0 Å². The Hall–Kier alpha value is -0.610. The van der Waals surface area contributed by atoms with Gasteiger partial charge in [-0.15, -0.1) is 0 Å². The molecule has 0 bridgehead atoms. The minimum atomic E-state index is -0.843. The molecule has 4 nitrogen and oxygen atoms in total. The lowest BCUT2D eigenvalue weighted by Crippen LogP contribution is -2.58. The molecule has 0 aromatic carbocycles. The van der Waals surface area contributed by atoms with E-state index >= 15 is 0 Å². The molecule has 4 heteroatoms. The third-order valence-electron chi connectivity index (χ3n) is 4.75. The maximum atomic E-state index is 11.7. The van der Waals surface area contributed by atoms with Crippen LogP contribution in [0.25, 0.3) is 0 Å². The van der Waals surface area contributed by atoms with Gasteiger partial charge in [-0.2, -0.15) is 0 Å². The van der Waals surface area contributed by atoms with E-state index in [0.717, 1.165) is 32.4 Å². The van der Waals surface area contributed by atoms with E-state index in [1.54, 1.807) is 0 Å². The van der Waals surface area contributed by atoms with Crippen molar-refractivity contribution < 1.29 is 14.6 Å². The van der Waals surface area contributed by atoms with Crippen molar-refractivity contribution in [3.05, 3.63) is 0 Å². The van der Waals surface area contributed by atoms with Gasteiger partial charge in [0, 0.05) is 6.61 Å². The maximum Gasteiger partial charge on any atom is 0.326 e. The molecule has 1 unspecified atom stereocenters. The largest absolute Gasteiger partial charge is 0.480 e. The van der Waals surface area contributed by atoms with Gasteiger partial charge in [-0.25, -0.2) is 0 Å². The van der Waals surface area contributed by atoms with Gasteiger partial charge in [-0.05, 0) is 50.5 Å². The Morgan fingerprint density at radius 2 is 1.95 bits per heavy atom. The van der Waals surface area contributed by atoms with Crippen LogP contribution in [0, 0.1) is 11.8 Å². The number of rotatable bonds is 9. The number of hydrogen-bond acceptors (Lipinski definition) is 3. The molecule has 0 spiro atoms. The molecule has 116 valence electrons. The second kappa shape index (κ2) is 7.41. The van der Waals surface area contributed by atoms with E-state index in [9.17, 15) is 9.90 Å². The molecular weight excluding hydrogens is 254 g/mol. The van der Waals surface area contributed by atoms with E-state index < -0.39 is 11.5 Å².